The fourth-order valence-corrected chi connectivity index (χ4v) is 15.5. The highest BCUT2D eigenvalue weighted by molar-refractivity contribution is 6.23. The Balaban J connectivity index is 0.0000166. The summed E-state index contributed by atoms with van der Waals surface area (Å²) in [7, 11) is 0. The van der Waals surface area contributed by atoms with Crippen LogP contribution in [-0.2, 0) is 40.1 Å². The first-order valence-corrected chi connectivity index (χ1v) is 37.3. The van der Waals surface area contributed by atoms with Crippen molar-refractivity contribution >= 4 is 83.0 Å². The summed E-state index contributed by atoms with van der Waals surface area (Å²) in [6.45, 7) is 1.07. The zero-order valence-electron chi connectivity index (χ0n) is 66.6. The number of carboxylic acids is 12. The topological polar surface area (TPSA) is 763 Å². The Morgan fingerprint density at radius 2 is 0.641 bits per heavy atom. The molecule has 1 aliphatic carbocycles. The zero-order chi connectivity index (χ0) is 95.5. The van der Waals surface area contributed by atoms with Crippen molar-refractivity contribution in [2.75, 3.05) is 0 Å². The Labute approximate surface area is 731 Å². The van der Waals surface area contributed by atoms with E-state index < -0.39 is 338 Å². The molecular formula is C92H67NO38. The second-order valence-corrected chi connectivity index (χ2v) is 29.6. The van der Waals surface area contributed by atoms with Crippen molar-refractivity contribution in [2.45, 2.75) is 43.3 Å². The second-order valence-electron chi connectivity index (χ2n) is 29.6. The molecule has 11 aromatic rings. The van der Waals surface area contributed by atoms with Crippen LogP contribution in [-0.4, -0.2) is 205 Å². The number of phenols is 11. The van der Waals surface area contributed by atoms with E-state index in [-0.39, 0.29) is 22.9 Å². The van der Waals surface area contributed by atoms with Crippen LogP contribution in [0.15, 0.2) is 187 Å². The van der Waals surface area contributed by atoms with Crippen LogP contribution in [0, 0.1) is 6.92 Å². The molecule has 11 aromatic carbocycles. The number of aliphatic hydroxyl groups is 2. The summed E-state index contributed by atoms with van der Waals surface area (Å²) < 4.78 is 0. The maximum atomic E-state index is 14.1. The highest BCUT2D eigenvalue weighted by atomic mass is 16.4. The minimum atomic E-state index is -3.54. The minimum absolute atomic E-state index is 0. The number of ketones is 1. The largest absolute Gasteiger partial charge is 0.507 e. The van der Waals surface area contributed by atoms with Gasteiger partial charge in [-0.15, -0.1) is 0 Å². The summed E-state index contributed by atoms with van der Waals surface area (Å²) in [5.41, 5.74) is -31.0. The number of carbonyl (C=O) groups excluding carboxylic acids is 1. The van der Waals surface area contributed by atoms with Crippen molar-refractivity contribution in [1.82, 2.24) is 6.15 Å². The summed E-state index contributed by atoms with van der Waals surface area (Å²) >= 11 is 0. The van der Waals surface area contributed by atoms with Crippen molar-refractivity contribution in [3.05, 3.63) is 348 Å². The smallest absolute Gasteiger partial charge is 0.339 e. The first kappa shape index (κ1) is 93.3. The van der Waals surface area contributed by atoms with E-state index in [9.17, 15) is 190 Å². The van der Waals surface area contributed by atoms with Crippen LogP contribution >= 0.6 is 0 Å². The predicted molar refractivity (Wildman–Crippen MR) is 445 cm³/mol. The van der Waals surface area contributed by atoms with Crippen LogP contribution in [0.25, 0.3) is 5.57 Å². The van der Waals surface area contributed by atoms with Gasteiger partial charge >= 0.3 is 71.6 Å². The van der Waals surface area contributed by atoms with Crippen molar-refractivity contribution in [3.8, 4) is 63.2 Å². The van der Waals surface area contributed by atoms with Crippen LogP contribution in [0.4, 0.5) is 0 Å². The molecule has 0 spiro atoms. The van der Waals surface area contributed by atoms with E-state index in [2.05, 4.69) is 0 Å². The molecule has 39 nitrogen and oxygen atoms in total. The third kappa shape index (κ3) is 17.3. The highest BCUT2D eigenvalue weighted by Gasteiger charge is 2.44. The van der Waals surface area contributed by atoms with Gasteiger partial charge in [-0.05, 0) is 241 Å². The molecule has 2 unspecified atom stereocenters. The lowest BCUT2D eigenvalue weighted by Gasteiger charge is -2.33. The van der Waals surface area contributed by atoms with Gasteiger partial charge in [-0.3, -0.25) is 4.79 Å². The standard InChI is InChI=1S/C92H64O38.H3N/c1-34-12-47(31-61(72(34)98)88(123)124)92(130,49-24-44(75(101)63(33-49)90(127)128)22-43-21-41(28-60(74(43)100)87(121)122)70(38-2-7-65(93)50(25-38)79(105)106)39-3-8-66(94)51(26-39)80(107)108)64-20-36(18-59(78(64)104)86(119)120)13-35-15-55(76(102)57(17-35)84(115)116)71(40-4-9-67(95)52(27-40)81(109)110)56-16-37(19-58(77(56)103)85(117)118)14-42-23-48(32-62(73(42)99)89(125)126)91(129,45-5-10-68(96)53(29-45)82(111)112)46-6-11-69(97)54(30-46)83(113)114;/h2-12,15-21,23-33,71,93,95-104,129-130H,13-14,22H2,1H3,(H,105,106)(H,107,108)(H,109,110)(H,111,112)(H,113,114)(H,115,116)(H,117,118)(H,119,120)(H,121,122)(H,123,124)(H,125,126)(H,127,128);1H3/b70-39-;. The number of hydrogen-bond donors (Lipinski definition) is 26. The minimum Gasteiger partial charge on any atom is -0.507 e. The first-order chi connectivity index (χ1) is 61.0. The van der Waals surface area contributed by atoms with Gasteiger partial charge in [0.2, 0.25) is 0 Å². The highest BCUT2D eigenvalue weighted by Crippen LogP contribution is 2.51. The van der Waals surface area contributed by atoms with Gasteiger partial charge in [-0.25, -0.2) is 57.5 Å². The number of allylic oxidation sites excluding steroid dienone is 4. The van der Waals surface area contributed by atoms with E-state index in [0.29, 0.717) is 42.5 Å². The fourth-order valence-electron chi connectivity index (χ4n) is 15.5. The van der Waals surface area contributed by atoms with Gasteiger partial charge in [0.15, 0.2) is 5.78 Å². The van der Waals surface area contributed by atoms with Gasteiger partial charge in [0, 0.05) is 35.4 Å². The van der Waals surface area contributed by atoms with Crippen LogP contribution in [0.3, 0.4) is 0 Å². The van der Waals surface area contributed by atoms with E-state index in [4.69, 9.17) is 0 Å². The van der Waals surface area contributed by atoms with E-state index in [0.717, 1.165) is 140 Å². The molecule has 0 aliphatic heterocycles. The number of carboxylic acid groups (broad SMARTS) is 12. The van der Waals surface area contributed by atoms with E-state index in [1.807, 2.05) is 0 Å². The molecule has 0 amide bonds. The van der Waals surface area contributed by atoms with Crippen molar-refractivity contribution in [2.24, 2.45) is 0 Å². The third-order valence-corrected chi connectivity index (χ3v) is 21.7. The third-order valence-electron chi connectivity index (χ3n) is 21.7. The maximum absolute atomic E-state index is 14.1. The number of aromatic carboxylic acids is 11. The molecule has 131 heavy (non-hydrogen) atoms. The van der Waals surface area contributed by atoms with Gasteiger partial charge in [0.25, 0.3) is 0 Å². The number of aromatic hydroxyl groups is 11. The maximum Gasteiger partial charge on any atom is 0.339 e. The zero-order valence-corrected chi connectivity index (χ0v) is 66.6. The van der Waals surface area contributed by atoms with Gasteiger partial charge in [-0.2, -0.15) is 0 Å². The lowest BCUT2D eigenvalue weighted by molar-refractivity contribution is -0.134. The molecule has 12 rings (SSSR count). The summed E-state index contributed by atoms with van der Waals surface area (Å²) in [4.78, 5) is 170. The Morgan fingerprint density at radius 1 is 0.298 bits per heavy atom. The number of hydrogen-bond acceptors (Lipinski definition) is 27. The molecule has 0 saturated carbocycles. The van der Waals surface area contributed by atoms with E-state index >= 15 is 0 Å². The fraction of sp³-hybridized carbons (Fsp3) is 0.0761. The van der Waals surface area contributed by atoms with Crippen molar-refractivity contribution in [3.63, 3.8) is 0 Å². The lowest BCUT2D eigenvalue weighted by Crippen LogP contribution is -2.31. The van der Waals surface area contributed by atoms with Crippen molar-refractivity contribution < 1.29 is 190 Å². The molecule has 0 radical (unpaired) electrons. The van der Waals surface area contributed by atoms with Gasteiger partial charge in [0.1, 0.15) is 141 Å². The average molecular weight is 1790 g/mol. The summed E-state index contributed by atoms with van der Waals surface area (Å²) in [6.07, 6.45) is -0.467. The number of benzene rings is 11. The first-order valence-electron chi connectivity index (χ1n) is 37.3. The Bertz CT molecular complexity index is 6960. The second kappa shape index (κ2) is 35.3. The quantitative estimate of drug-likeness (QED) is 0.0153. The lowest BCUT2D eigenvalue weighted by atomic mass is 9.76. The van der Waals surface area contributed by atoms with Crippen LogP contribution < -0.4 is 6.15 Å². The number of carbonyl (C=O) groups is 13. The molecular weight excluding hydrogens is 1730 g/mol. The Morgan fingerprint density at radius 3 is 1.09 bits per heavy atom. The number of aryl methyl sites for hydroxylation is 1. The number of aliphatic carboxylic acids is 1. The Kier molecular flexibility index (Phi) is 25.2. The van der Waals surface area contributed by atoms with Crippen LogP contribution in [0.2, 0.25) is 0 Å². The monoisotopic (exact) mass is 1790 g/mol. The molecule has 668 valence electrons. The molecule has 28 N–H and O–H groups in total. The predicted octanol–water partition coefficient (Wildman–Crippen LogP) is 10.1. The van der Waals surface area contributed by atoms with Crippen LogP contribution in [0.1, 0.15) is 220 Å². The van der Waals surface area contributed by atoms with Gasteiger partial charge < -0.3 is 134 Å². The molecule has 0 aromatic heterocycles. The summed E-state index contributed by atoms with van der Waals surface area (Å²) in [5.74, 6) is -38.8. The van der Waals surface area contributed by atoms with Crippen LogP contribution in [0.5, 0.6) is 63.2 Å². The average Bonchev–Trinajstić information content (AvgIpc) is 0.729. The van der Waals surface area contributed by atoms with Gasteiger partial charge in [0.05, 0.1) is 0 Å². The molecule has 0 fully saturated rings. The molecule has 0 bridgehead atoms. The Hall–Kier alpha value is -18.4. The molecule has 2 atom stereocenters. The number of rotatable bonds is 29. The molecule has 0 saturated heterocycles. The SMILES string of the molecule is Cc1cc(C(O)(c2cc(Cc3cc(/C(=C4/C=CC(=O)C(C(=O)O)=C4)c4ccc(O)c(C(=O)O)c4)cc(C(=O)O)c3O)c(O)c(C(=O)O)c2)c2cc(Cc3cc(C(=O)O)c(O)c(C(c4ccc(O)c(C(=O)O)c4)c4cc(Cc5cc(C(O)(c6ccc(O)c(C(=O)O)c6)c6ccc(O)c(C(=O)O)c6)cc(C(=O)O)c5O)cc(C(=O)O)c4O)c3)cc(C(=O)O)c2O)cc(C(=O)O)c1O.N. The molecule has 1 aliphatic rings. The normalized spacial score (nSPS) is 12.9. The van der Waals surface area contributed by atoms with E-state index in [1.165, 1.54) is 0 Å². The van der Waals surface area contributed by atoms with Crippen molar-refractivity contribution in [1.29, 1.82) is 0 Å². The van der Waals surface area contributed by atoms with E-state index in [1.54, 1.807) is 0 Å². The summed E-state index contributed by atoms with van der Waals surface area (Å²) in [5, 5.41) is 282. The molecule has 0 heterocycles. The molecule has 39 heteroatoms. The van der Waals surface area contributed by atoms with Gasteiger partial charge in [-0.1, -0.05) is 42.5 Å². The summed E-state index contributed by atoms with van der Waals surface area (Å²) in [6, 6.07) is 20.5.